The van der Waals surface area contributed by atoms with Gasteiger partial charge in [0.1, 0.15) is 0 Å². The summed E-state index contributed by atoms with van der Waals surface area (Å²) in [7, 11) is 0. The summed E-state index contributed by atoms with van der Waals surface area (Å²) in [5, 5.41) is 4.05. The van der Waals surface area contributed by atoms with Crippen LogP contribution in [0.3, 0.4) is 0 Å². The Kier molecular flexibility index (Phi) is 3.66. The Hall–Kier alpha value is -2.28. The molecule has 0 fully saturated rings. The smallest absolute Gasteiger partial charge is 0.307 e. The Morgan fingerprint density at radius 1 is 1.24 bits per heavy atom. The highest BCUT2D eigenvalue weighted by molar-refractivity contribution is 9.10. The number of hydrazone groups is 1. The van der Waals surface area contributed by atoms with Gasteiger partial charge in [-0.15, -0.1) is 0 Å². The van der Waals surface area contributed by atoms with E-state index in [2.05, 4.69) is 26.5 Å². The van der Waals surface area contributed by atoms with Crippen LogP contribution in [0.4, 0.5) is 0 Å². The Morgan fingerprint density at radius 2 is 2.05 bits per heavy atom. The van der Waals surface area contributed by atoms with Gasteiger partial charge in [-0.05, 0) is 53.2 Å². The monoisotopic (exact) mass is 350 g/mol. The molecule has 1 N–H and O–H groups in total. The topological polar surface area (TPSA) is 73.1 Å². The molecular formula is C14H11BrN2O4. The second-order valence-corrected chi connectivity index (χ2v) is 5.09. The summed E-state index contributed by atoms with van der Waals surface area (Å²) in [6.45, 7) is 2.01. The largest absolute Gasteiger partial charge is 0.454 e. The summed E-state index contributed by atoms with van der Waals surface area (Å²) in [6, 6.07) is 8.68. The van der Waals surface area contributed by atoms with Gasteiger partial charge in [0.25, 0.3) is 0 Å². The fourth-order valence-electron chi connectivity index (χ4n) is 1.81. The van der Waals surface area contributed by atoms with Crippen molar-refractivity contribution in [2.45, 2.75) is 6.92 Å². The van der Waals surface area contributed by atoms with Gasteiger partial charge >= 0.3 is 5.91 Å². The number of carbonyl (C=O) groups is 1. The molecule has 0 radical (unpaired) electrons. The Morgan fingerprint density at radius 3 is 2.81 bits per heavy atom. The van der Waals surface area contributed by atoms with E-state index in [1.807, 2.05) is 18.2 Å². The van der Waals surface area contributed by atoms with Crippen molar-refractivity contribution in [2.75, 3.05) is 6.79 Å². The molecule has 1 aliphatic heterocycles. The number of hydrogen-bond acceptors (Lipinski definition) is 5. The number of halogens is 1. The second-order valence-electron chi connectivity index (χ2n) is 4.31. The van der Waals surface area contributed by atoms with E-state index in [1.54, 1.807) is 19.1 Å². The Balaban J connectivity index is 1.72. The maximum atomic E-state index is 11.8. The molecular weight excluding hydrogens is 340 g/mol. The maximum Gasteiger partial charge on any atom is 0.307 e. The molecule has 0 saturated heterocycles. The number of ether oxygens (including phenoxy) is 2. The second kappa shape index (κ2) is 5.61. The first-order chi connectivity index (χ1) is 10.1. The van der Waals surface area contributed by atoms with Crippen molar-refractivity contribution in [1.29, 1.82) is 0 Å². The first kappa shape index (κ1) is 13.7. The highest BCUT2D eigenvalue weighted by Crippen LogP contribution is 2.32. The van der Waals surface area contributed by atoms with Gasteiger partial charge in [0, 0.05) is 5.56 Å². The minimum atomic E-state index is -0.416. The van der Waals surface area contributed by atoms with Crippen molar-refractivity contribution in [3.8, 4) is 11.5 Å². The Bertz CT molecular complexity index is 724. The number of carbonyl (C=O) groups excluding carboxylic acids is 1. The fraction of sp³-hybridized carbons (Fsp3) is 0.143. The molecule has 1 aromatic heterocycles. The lowest BCUT2D eigenvalue weighted by atomic mass is 10.1. The van der Waals surface area contributed by atoms with Gasteiger partial charge in [-0.1, -0.05) is 0 Å². The molecule has 1 aliphatic rings. The van der Waals surface area contributed by atoms with Crippen LogP contribution in [0.15, 0.2) is 44.5 Å². The molecule has 21 heavy (non-hydrogen) atoms. The molecule has 3 rings (SSSR count). The molecule has 2 heterocycles. The van der Waals surface area contributed by atoms with E-state index in [9.17, 15) is 4.79 Å². The lowest BCUT2D eigenvalue weighted by molar-refractivity contribution is 0.0926. The minimum absolute atomic E-state index is 0.184. The van der Waals surface area contributed by atoms with Crippen LogP contribution in [0.25, 0.3) is 0 Å². The molecule has 0 atom stereocenters. The molecule has 0 bridgehead atoms. The summed E-state index contributed by atoms with van der Waals surface area (Å²) < 4.78 is 16.2. The third kappa shape index (κ3) is 2.92. The van der Waals surface area contributed by atoms with Crippen LogP contribution in [0.5, 0.6) is 11.5 Å². The lowest BCUT2D eigenvalue weighted by Gasteiger charge is -2.03. The normalized spacial score (nSPS) is 13.3. The molecule has 1 aromatic carbocycles. The number of benzene rings is 1. The van der Waals surface area contributed by atoms with Gasteiger partial charge in [-0.3, -0.25) is 4.79 Å². The summed E-state index contributed by atoms with van der Waals surface area (Å²) in [6.07, 6.45) is 0. The molecule has 0 spiro atoms. The average molecular weight is 351 g/mol. The molecule has 0 aliphatic carbocycles. The number of amides is 1. The van der Waals surface area contributed by atoms with Gasteiger partial charge in [0.15, 0.2) is 21.9 Å². The number of furan rings is 1. The zero-order valence-electron chi connectivity index (χ0n) is 11.1. The number of nitrogens with zero attached hydrogens (tertiary/aromatic N) is 1. The summed E-state index contributed by atoms with van der Waals surface area (Å²) in [4.78, 5) is 11.8. The van der Waals surface area contributed by atoms with Crippen molar-refractivity contribution in [3.05, 3.63) is 46.3 Å². The summed E-state index contributed by atoms with van der Waals surface area (Å²) >= 11 is 3.14. The van der Waals surface area contributed by atoms with E-state index in [1.165, 1.54) is 0 Å². The zero-order chi connectivity index (χ0) is 14.8. The van der Waals surface area contributed by atoms with E-state index in [0.29, 0.717) is 21.9 Å². The maximum absolute atomic E-state index is 11.8. The molecule has 2 aromatic rings. The minimum Gasteiger partial charge on any atom is -0.454 e. The fourth-order valence-corrected chi connectivity index (χ4v) is 2.12. The van der Waals surface area contributed by atoms with Crippen LogP contribution in [0.1, 0.15) is 23.0 Å². The van der Waals surface area contributed by atoms with Gasteiger partial charge < -0.3 is 13.9 Å². The Labute approximate surface area is 128 Å². The lowest BCUT2D eigenvalue weighted by Crippen LogP contribution is -2.18. The molecule has 1 amide bonds. The number of rotatable bonds is 3. The standard InChI is InChI=1S/C14H11BrN2O4/c1-8(9-2-3-10-12(6-9)20-7-19-10)16-17-14(18)11-4-5-13(15)21-11/h2-6H,7H2,1H3,(H,17,18). The van der Waals surface area contributed by atoms with E-state index >= 15 is 0 Å². The molecule has 0 unspecified atom stereocenters. The van der Waals surface area contributed by atoms with Crippen LogP contribution >= 0.6 is 15.9 Å². The van der Waals surface area contributed by atoms with Crippen molar-refractivity contribution in [2.24, 2.45) is 5.10 Å². The third-order valence-electron chi connectivity index (χ3n) is 2.91. The van der Waals surface area contributed by atoms with Crippen molar-refractivity contribution in [1.82, 2.24) is 5.43 Å². The molecule has 6 nitrogen and oxygen atoms in total. The first-order valence-electron chi connectivity index (χ1n) is 6.13. The number of fused-ring (bicyclic) bond motifs is 1. The van der Waals surface area contributed by atoms with Crippen LogP contribution in [0.2, 0.25) is 0 Å². The van der Waals surface area contributed by atoms with Crippen LogP contribution in [-0.4, -0.2) is 18.4 Å². The summed E-state index contributed by atoms with van der Waals surface area (Å²) in [5.74, 6) is 1.14. The van der Waals surface area contributed by atoms with Crippen molar-refractivity contribution >= 4 is 27.5 Å². The third-order valence-corrected chi connectivity index (χ3v) is 3.34. The van der Waals surface area contributed by atoms with Crippen LogP contribution < -0.4 is 14.9 Å². The number of nitrogens with one attached hydrogen (secondary N) is 1. The van der Waals surface area contributed by atoms with E-state index in [-0.39, 0.29) is 12.6 Å². The van der Waals surface area contributed by atoms with Crippen LogP contribution in [-0.2, 0) is 0 Å². The van der Waals surface area contributed by atoms with E-state index in [4.69, 9.17) is 13.9 Å². The van der Waals surface area contributed by atoms with E-state index < -0.39 is 5.91 Å². The predicted molar refractivity (Wildman–Crippen MR) is 78.7 cm³/mol. The molecule has 0 saturated carbocycles. The highest BCUT2D eigenvalue weighted by Gasteiger charge is 2.14. The van der Waals surface area contributed by atoms with E-state index in [0.717, 1.165) is 5.56 Å². The SMILES string of the molecule is CC(=NNC(=O)c1ccc(Br)o1)c1ccc2c(c1)OCO2. The highest BCUT2D eigenvalue weighted by atomic mass is 79.9. The van der Waals surface area contributed by atoms with Crippen molar-refractivity contribution < 1.29 is 18.7 Å². The quantitative estimate of drug-likeness (QED) is 0.682. The first-order valence-corrected chi connectivity index (χ1v) is 6.93. The average Bonchev–Trinajstić information content (AvgIpc) is 3.12. The molecule has 108 valence electrons. The predicted octanol–water partition coefficient (Wildman–Crippen LogP) is 2.92. The summed E-state index contributed by atoms with van der Waals surface area (Å²) in [5.41, 5.74) is 3.92. The number of hydrogen-bond donors (Lipinski definition) is 1. The van der Waals surface area contributed by atoms with Gasteiger partial charge in [0.05, 0.1) is 5.71 Å². The van der Waals surface area contributed by atoms with Gasteiger partial charge in [-0.2, -0.15) is 5.10 Å². The van der Waals surface area contributed by atoms with Gasteiger partial charge in [0.2, 0.25) is 6.79 Å². The van der Waals surface area contributed by atoms with Crippen LogP contribution in [0, 0.1) is 0 Å². The zero-order valence-corrected chi connectivity index (χ0v) is 12.6. The van der Waals surface area contributed by atoms with Crippen molar-refractivity contribution in [3.63, 3.8) is 0 Å². The molecule has 7 heteroatoms. The van der Waals surface area contributed by atoms with Gasteiger partial charge in [-0.25, -0.2) is 5.43 Å².